The van der Waals surface area contributed by atoms with Crippen LogP contribution in [-0.2, 0) is 6.18 Å². The Labute approximate surface area is 108 Å². The van der Waals surface area contributed by atoms with Crippen molar-refractivity contribution in [2.45, 2.75) is 31.5 Å². The summed E-state index contributed by atoms with van der Waals surface area (Å²) in [6.07, 6.45) is -1.36. The third-order valence-corrected chi connectivity index (χ3v) is 3.97. The fraction of sp³-hybridized carbons (Fsp3) is 0.538. The van der Waals surface area contributed by atoms with Gasteiger partial charge in [-0.25, -0.2) is 4.98 Å². The number of aromatic nitrogens is 1. The van der Waals surface area contributed by atoms with E-state index in [0.29, 0.717) is 12.5 Å². The van der Waals surface area contributed by atoms with E-state index in [1.807, 2.05) is 11.0 Å². The molecule has 1 saturated heterocycles. The minimum Gasteiger partial charge on any atom is -0.352 e. The molecule has 0 radical (unpaired) electrons. The lowest BCUT2D eigenvalue weighted by Gasteiger charge is -2.29. The van der Waals surface area contributed by atoms with E-state index >= 15 is 0 Å². The average Bonchev–Trinajstić information content (AvgIpc) is 2.99. The summed E-state index contributed by atoms with van der Waals surface area (Å²) < 4.78 is 38.1. The van der Waals surface area contributed by atoms with Crippen molar-refractivity contribution in [3.63, 3.8) is 0 Å². The maximum Gasteiger partial charge on any atom is 0.433 e. The molecule has 19 heavy (non-hydrogen) atoms. The standard InChI is InChI=1S/C13H12F3N3/c14-13(15,16)11-4-2-9(6-17)12(18-11)19-7-8-1-3-10(19)5-8/h2,4,8,10H,1,3,5,7H2. The maximum absolute atomic E-state index is 12.7. The molecule has 0 N–H and O–H groups in total. The molecule has 1 aliphatic carbocycles. The van der Waals surface area contributed by atoms with Crippen molar-refractivity contribution in [3.8, 4) is 6.07 Å². The van der Waals surface area contributed by atoms with E-state index in [4.69, 9.17) is 5.26 Å². The number of halogens is 3. The second-order valence-corrected chi connectivity index (χ2v) is 5.16. The molecule has 2 bridgehead atoms. The number of hydrogen-bond donors (Lipinski definition) is 0. The van der Waals surface area contributed by atoms with Crippen LogP contribution < -0.4 is 4.90 Å². The van der Waals surface area contributed by atoms with Crippen LogP contribution >= 0.6 is 0 Å². The van der Waals surface area contributed by atoms with Crippen molar-refractivity contribution >= 4 is 5.82 Å². The van der Waals surface area contributed by atoms with E-state index in [2.05, 4.69) is 4.98 Å². The van der Waals surface area contributed by atoms with Crippen LogP contribution in [0.5, 0.6) is 0 Å². The van der Waals surface area contributed by atoms with Crippen molar-refractivity contribution in [3.05, 3.63) is 23.4 Å². The van der Waals surface area contributed by atoms with Gasteiger partial charge in [-0.05, 0) is 37.3 Å². The highest BCUT2D eigenvalue weighted by Gasteiger charge is 2.40. The van der Waals surface area contributed by atoms with Gasteiger partial charge < -0.3 is 4.90 Å². The molecule has 1 saturated carbocycles. The zero-order chi connectivity index (χ0) is 13.6. The molecule has 2 aliphatic rings. The van der Waals surface area contributed by atoms with Gasteiger partial charge in [0.25, 0.3) is 0 Å². The lowest BCUT2D eigenvalue weighted by atomic mass is 10.1. The highest BCUT2D eigenvalue weighted by atomic mass is 19.4. The van der Waals surface area contributed by atoms with Crippen molar-refractivity contribution in [2.24, 2.45) is 5.92 Å². The summed E-state index contributed by atoms with van der Waals surface area (Å²) in [6.45, 7) is 0.716. The number of nitrogens with zero attached hydrogens (tertiary/aromatic N) is 3. The Bertz CT molecular complexity index is 547. The van der Waals surface area contributed by atoms with Gasteiger partial charge in [0.15, 0.2) is 0 Å². The largest absolute Gasteiger partial charge is 0.433 e. The Morgan fingerprint density at radius 2 is 2.11 bits per heavy atom. The molecule has 2 fully saturated rings. The van der Waals surface area contributed by atoms with Gasteiger partial charge in [0.2, 0.25) is 0 Å². The molecule has 1 aromatic heterocycles. The minimum absolute atomic E-state index is 0.199. The van der Waals surface area contributed by atoms with Crippen molar-refractivity contribution in [1.82, 2.24) is 4.98 Å². The smallest absolute Gasteiger partial charge is 0.352 e. The molecule has 2 heterocycles. The number of rotatable bonds is 1. The molecule has 2 atom stereocenters. The van der Waals surface area contributed by atoms with Crippen LogP contribution in [0.15, 0.2) is 12.1 Å². The van der Waals surface area contributed by atoms with Crippen LogP contribution in [0.4, 0.5) is 19.0 Å². The van der Waals surface area contributed by atoms with Gasteiger partial charge in [0.1, 0.15) is 17.6 Å². The van der Waals surface area contributed by atoms with E-state index in [1.165, 1.54) is 6.07 Å². The first-order chi connectivity index (χ1) is 8.99. The van der Waals surface area contributed by atoms with E-state index in [0.717, 1.165) is 25.3 Å². The summed E-state index contributed by atoms with van der Waals surface area (Å²) in [7, 11) is 0. The number of hydrogen-bond acceptors (Lipinski definition) is 3. The summed E-state index contributed by atoms with van der Waals surface area (Å²) in [4.78, 5) is 5.57. The van der Waals surface area contributed by atoms with Crippen molar-refractivity contribution < 1.29 is 13.2 Å². The molecule has 100 valence electrons. The number of fused-ring (bicyclic) bond motifs is 2. The highest BCUT2D eigenvalue weighted by molar-refractivity contribution is 5.56. The fourth-order valence-electron chi connectivity index (χ4n) is 3.10. The van der Waals surface area contributed by atoms with Gasteiger partial charge in [-0.15, -0.1) is 0 Å². The summed E-state index contributed by atoms with van der Waals surface area (Å²) >= 11 is 0. The molecule has 3 nitrogen and oxygen atoms in total. The van der Waals surface area contributed by atoms with Gasteiger partial charge in [-0.3, -0.25) is 0 Å². The maximum atomic E-state index is 12.7. The van der Waals surface area contributed by atoms with Crippen LogP contribution in [0.2, 0.25) is 0 Å². The molecule has 0 spiro atoms. The van der Waals surface area contributed by atoms with Gasteiger partial charge in [0.05, 0.1) is 5.56 Å². The average molecular weight is 267 g/mol. The lowest BCUT2D eigenvalue weighted by molar-refractivity contribution is -0.141. The lowest BCUT2D eigenvalue weighted by Crippen LogP contribution is -2.33. The first-order valence-corrected chi connectivity index (χ1v) is 6.24. The molecular formula is C13H12F3N3. The molecule has 0 amide bonds. The Morgan fingerprint density at radius 1 is 1.32 bits per heavy atom. The number of piperidine rings is 1. The molecule has 3 rings (SSSR count). The van der Waals surface area contributed by atoms with Gasteiger partial charge >= 0.3 is 6.18 Å². The first-order valence-electron chi connectivity index (χ1n) is 6.24. The molecule has 1 aliphatic heterocycles. The highest BCUT2D eigenvalue weighted by Crippen LogP contribution is 2.41. The van der Waals surface area contributed by atoms with Crippen LogP contribution in [0.1, 0.15) is 30.5 Å². The molecule has 2 unspecified atom stereocenters. The van der Waals surface area contributed by atoms with E-state index < -0.39 is 11.9 Å². The van der Waals surface area contributed by atoms with Gasteiger partial charge in [-0.1, -0.05) is 0 Å². The summed E-state index contributed by atoms with van der Waals surface area (Å²) in [5, 5.41) is 9.04. The monoisotopic (exact) mass is 267 g/mol. The molecule has 0 aromatic carbocycles. The first kappa shape index (κ1) is 12.3. The summed E-state index contributed by atoms with van der Waals surface area (Å²) in [5.41, 5.74) is -0.704. The topological polar surface area (TPSA) is 39.9 Å². The SMILES string of the molecule is N#Cc1ccc(C(F)(F)F)nc1N1CC2CCC1C2. The predicted molar refractivity (Wildman–Crippen MR) is 62.4 cm³/mol. The Balaban J connectivity index is 2.02. The van der Waals surface area contributed by atoms with Gasteiger partial charge in [0, 0.05) is 12.6 Å². The molecular weight excluding hydrogens is 255 g/mol. The second kappa shape index (κ2) is 4.12. The second-order valence-electron chi connectivity index (χ2n) is 5.16. The van der Waals surface area contributed by atoms with Crippen LogP contribution in [0.25, 0.3) is 0 Å². The van der Waals surface area contributed by atoms with Crippen LogP contribution in [0, 0.1) is 17.2 Å². The molecule has 1 aromatic rings. The Hall–Kier alpha value is -1.77. The van der Waals surface area contributed by atoms with Crippen LogP contribution in [-0.4, -0.2) is 17.6 Å². The normalized spacial score (nSPS) is 25.7. The minimum atomic E-state index is -4.47. The number of anilines is 1. The van der Waals surface area contributed by atoms with E-state index in [9.17, 15) is 13.2 Å². The predicted octanol–water partition coefficient (Wildman–Crippen LogP) is 2.96. The number of nitriles is 1. The number of alkyl halides is 3. The third kappa shape index (κ3) is 2.03. The third-order valence-electron chi connectivity index (χ3n) is 3.97. The quantitative estimate of drug-likeness (QED) is 0.785. The van der Waals surface area contributed by atoms with E-state index in [1.54, 1.807) is 0 Å². The number of pyridine rings is 1. The zero-order valence-electron chi connectivity index (χ0n) is 10.1. The van der Waals surface area contributed by atoms with Crippen molar-refractivity contribution in [1.29, 1.82) is 5.26 Å². The Morgan fingerprint density at radius 3 is 2.63 bits per heavy atom. The molecule has 6 heteroatoms. The van der Waals surface area contributed by atoms with Crippen LogP contribution in [0.3, 0.4) is 0 Å². The zero-order valence-corrected chi connectivity index (χ0v) is 10.1. The fourth-order valence-corrected chi connectivity index (χ4v) is 3.10. The van der Waals surface area contributed by atoms with Gasteiger partial charge in [-0.2, -0.15) is 18.4 Å². The summed E-state index contributed by atoms with van der Waals surface area (Å²) in [5.74, 6) is 0.734. The van der Waals surface area contributed by atoms with E-state index in [-0.39, 0.29) is 17.4 Å². The summed E-state index contributed by atoms with van der Waals surface area (Å²) in [6, 6.07) is 4.27. The van der Waals surface area contributed by atoms with Crippen molar-refractivity contribution in [2.75, 3.05) is 11.4 Å². The Kier molecular flexibility index (Phi) is 2.66.